The van der Waals surface area contributed by atoms with Gasteiger partial charge >= 0.3 is 6.18 Å². The maximum absolute atomic E-state index is 12.8. The molecule has 0 amide bonds. The van der Waals surface area contributed by atoms with Gasteiger partial charge in [-0.05, 0) is 43.4 Å². The topological polar surface area (TPSA) is 18.5 Å². The summed E-state index contributed by atoms with van der Waals surface area (Å²) in [7, 11) is 0. The molecule has 0 aromatic heterocycles. The average molecular weight is 366 g/mol. The maximum atomic E-state index is 12.8. The Hall–Kier alpha value is -0.110. The van der Waals surface area contributed by atoms with Crippen LogP contribution in [0.4, 0.5) is 13.2 Å². The fraction of sp³-hybridized carbons (Fsp3) is 0.750. The second kappa shape index (κ2) is 7.42. The highest BCUT2D eigenvalue weighted by atomic mass is 32.2. The number of halogens is 3. The van der Waals surface area contributed by atoms with Gasteiger partial charge in [-0.15, -0.1) is 11.8 Å². The zero-order valence-electron chi connectivity index (χ0n) is 12.9. The van der Waals surface area contributed by atoms with Gasteiger partial charge in [0.15, 0.2) is 6.29 Å². The largest absolute Gasteiger partial charge is 0.421 e. The first-order valence-corrected chi connectivity index (χ1v) is 10.0. The molecule has 2 nitrogen and oxygen atoms in total. The van der Waals surface area contributed by atoms with Crippen molar-refractivity contribution in [3.63, 3.8) is 0 Å². The maximum Gasteiger partial charge on any atom is 0.421 e. The van der Waals surface area contributed by atoms with Crippen molar-refractivity contribution in [3.05, 3.63) is 23.1 Å². The highest BCUT2D eigenvalue weighted by Gasteiger charge is 2.43. The number of rotatable bonds is 3. The lowest BCUT2D eigenvalue weighted by Crippen LogP contribution is -2.32. The van der Waals surface area contributed by atoms with Crippen LogP contribution in [-0.4, -0.2) is 42.4 Å². The van der Waals surface area contributed by atoms with Crippen molar-refractivity contribution in [1.29, 1.82) is 0 Å². The van der Waals surface area contributed by atoms with Gasteiger partial charge in [0.25, 0.3) is 0 Å². The lowest BCUT2D eigenvalue weighted by Gasteiger charge is -2.30. The van der Waals surface area contributed by atoms with E-state index >= 15 is 0 Å². The summed E-state index contributed by atoms with van der Waals surface area (Å²) in [5.74, 6) is 0.390. The molecule has 7 heteroatoms. The van der Waals surface area contributed by atoms with Gasteiger partial charge in [-0.1, -0.05) is 12.2 Å². The first-order valence-electron chi connectivity index (χ1n) is 7.85. The summed E-state index contributed by atoms with van der Waals surface area (Å²) in [4.78, 5) is -0.404. The monoisotopic (exact) mass is 366 g/mol. The predicted octanol–water partition coefficient (Wildman–Crippen LogP) is 4.63. The van der Waals surface area contributed by atoms with Gasteiger partial charge in [0.2, 0.25) is 0 Å². The summed E-state index contributed by atoms with van der Waals surface area (Å²) < 4.78 is 49.7. The predicted molar refractivity (Wildman–Crippen MR) is 88.5 cm³/mol. The quantitative estimate of drug-likeness (QED) is 0.678. The minimum atomic E-state index is -4.19. The molecule has 0 aromatic carbocycles. The Morgan fingerprint density at radius 2 is 1.96 bits per heavy atom. The Balaban J connectivity index is 1.49. The number of hydrogen-bond acceptors (Lipinski definition) is 4. The third-order valence-corrected chi connectivity index (χ3v) is 6.98. The summed E-state index contributed by atoms with van der Waals surface area (Å²) in [5.41, 5.74) is 0. The SMILES string of the molecule is CSC1COC(/C=C/C2CCC3C=C(C(F)(F)F)SC3C2)OC1. The van der Waals surface area contributed by atoms with E-state index in [1.165, 1.54) is 6.08 Å². The standard InChI is InChI=1S/C16H21F3O2S2/c1-22-12-8-20-15(21-9-12)5-3-10-2-4-11-7-14(16(17,18)19)23-13(11)6-10/h3,5,7,10-13,15H,2,4,6,8-9H2,1H3/b5-3+. The Labute approximate surface area is 143 Å². The normalized spacial score (nSPS) is 38.6. The minimum Gasteiger partial charge on any atom is -0.348 e. The summed E-state index contributed by atoms with van der Waals surface area (Å²) >= 11 is 2.74. The molecule has 0 spiro atoms. The molecule has 3 atom stereocenters. The molecule has 1 aliphatic carbocycles. The molecular weight excluding hydrogens is 345 g/mol. The van der Waals surface area contributed by atoms with Crippen molar-refractivity contribution in [1.82, 2.24) is 0 Å². The van der Waals surface area contributed by atoms with E-state index in [0.717, 1.165) is 31.0 Å². The van der Waals surface area contributed by atoms with E-state index in [9.17, 15) is 13.2 Å². The molecule has 3 unspecified atom stereocenters. The van der Waals surface area contributed by atoms with E-state index in [4.69, 9.17) is 9.47 Å². The number of fused-ring (bicyclic) bond motifs is 1. The highest BCUT2D eigenvalue weighted by molar-refractivity contribution is 8.04. The van der Waals surface area contributed by atoms with Gasteiger partial charge in [0.1, 0.15) is 0 Å². The molecule has 2 fully saturated rings. The van der Waals surface area contributed by atoms with E-state index in [-0.39, 0.29) is 17.5 Å². The molecule has 23 heavy (non-hydrogen) atoms. The third-order valence-electron chi connectivity index (χ3n) is 4.57. The van der Waals surface area contributed by atoms with Crippen molar-refractivity contribution in [2.45, 2.75) is 42.2 Å². The first-order chi connectivity index (χ1) is 11.0. The van der Waals surface area contributed by atoms with E-state index < -0.39 is 11.1 Å². The average Bonchev–Trinajstić information content (AvgIpc) is 2.97. The molecule has 3 rings (SSSR count). The molecule has 2 heterocycles. The molecule has 0 bridgehead atoms. The molecule has 0 radical (unpaired) electrons. The lowest BCUT2D eigenvalue weighted by atomic mass is 9.81. The highest BCUT2D eigenvalue weighted by Crippen LogP contribution is 2.51. The Morgan fingerprint density at radius 1 is 1.22 bits per heavy atom. The fourth-order valence-corrected chi connectivity index (χ4v) is 5.11. The Morgan fingerprint density at radius 3 is 2.61 bits per heavy atom. The molecule has 0 N–H and O–H groups in total. The van der Waals surface area contributed by atoms with Crippen LogP contribution in [0.3, 0.4) is 0 Å². The van der Waals surface area contributed by atoms with Gasteiger partial charge in [0, 0.05) is 5.25 Å². The number of thioether (sulfide) groups is 2. The molecule has 0 aromatic rings. The molecule has 1 saturated carbocycles. The van der Waals surface area contributed by atoms with Gasteiger partial charge in [0.05, 0.1) is 23.4 Å². The Kier molecular flexibility index (Phi) is 5.71. The van der Waals surface area contributed by atoms with E-state index in [1.807, 2.05) is 12.3 Å². The van der Waals surface area contributed by atoms with Crippen LogP contribution in [0.5, 0.6) is 0 Å². The number of allylic oxidation sites excluding steroid dienone is 3. The van der Waals surface area contributed by atoms with E-state index in [2.05, 4.69) is 6.08 Å². The van der Waals surface area contributed by atoms with Crippen molar-refractivity contribution in [2.24, 2.45) is 11.8 Å². The van der Waals surface area contributed by atoms with Gasteiger partial charge in [-0.3, -0.25) is 0 Å². The molecule has 2 aliphatic heterocycles. The van der Waals surface area contributed by atoms with Crippen molar-refractivity contribution < 1.29 is 22.6 Å². The van der Waals surface area contributed by atoms with Crippen LogP contribution in [-0.2, 0) is 9.47 Å². The minimum absolute atomic E-state index is 0.0593. The van der Waals surface area contributed by atoms with Gasteiger partial charge in [-0.2, -0.15) is 24.9 Å². The van der Waals surface area contributed by atoms with Crippen molar-refractivity contribution >= 4 is 23.5 Å². The molecular formula is C16H21F3O2S2. The molecule has 3 aliphatic rings. The van der Waals surface area contributed by atoms with Crippen LogP contribution >= 0.6 is 23.5 Å². The summed E-state index contributed by atoms with van der Waals surface area (Å²) in [5, 5.41) is 0.445. The summed E-state index contributed by atoms with van der Waals surface area (Å²) in [6.07, 6.45) is 5.53. The van der Waals surface area contributed by atoms with Gasteiger partial charge in [-0.25, -0.2) is 0 Å². The van der Waals surface area contributed by atoms with Crippen molar-refractivity contribution in [3.8, 4) is 0 Å². The zero-order chi connectivity index (χ0) is 16.4. The van der Waals surface area contributed by atoms with Crippen LogP contribution in [0.1, 0.15) is 19.3 Å². The van der Waals surface area contributed by atoms with E-state index in [1.54, 1.807) is 11.8 Å². The second-order valence-electron chi connectivity index (χ2n) is 6.20. The third kappa shape index (κ3) is 4.50. The number of alkyl halides is 3. The van der Waals surface area contributed by atoms with Crippen LogP contribution in [0.25, 0.3) is 0 Å². The second-order valence-corrected chi connectivity index (χ2v) is 8.62. The van der Waals surface area contributed by atoms with Gasteiger partial charge < -0.3 is 9.47 Å². The zero-order valence-corrected chi connectivity index (χ0v) is 14.6. The van der Waals surface area contributed by atoms with Crippen LogP contribution in [0.15, 0.2) is 23.1 Å². The number of ether oxygens (including phenoxy) is 2. The fourth-order valence-electron chi connectivity index (χ4n) is 3.24. The van der Waals surface area contributed by atoms with Crippen LogP contribution in [0, 0.1) is 11.8 Å². The van der Waals surface area contributed by atoms with Crippen LogP contribution in [0.2, 0.25) is 0 Å². The van der Waals surface area contributed by atoms with E-state index in [0.29, 0.717) is 24.4 Å². The van der Waals surface area contributed by atoms with Crippen molar-refractivity contribution in [2.75, 3.05) is 19.5 Å². The molecule has 1 saturated heterocycles. The summed E-state index contributed by atoms with van der Waals surface area (Å²) in [6.45, 7) is 1.36. The lowest BCUT2D eigenvalue weighted by molar-refractivity contribution is -0.146. The number of hydrogen-bond donors (Lipinski definition) is 0. The smallest absolute Gasteiger partial charge is 0.348 e. The molecule has 130 valence electrons. The Bertz CT molecular complexity index is 470. The first kappa shape index (κ1) is 17.7. The summed E-state index contributed by atoms with van der Waals surface area (Å²) in [6, 6.07) is 0. The van der Waals surface area contributed by atoms with Crippen LogP contribution < -0.4 is 0 Å².